The SMILES string of the molecule is N#Cc1ccc(Cn2nc(-c3ccco3)oc2=O)cc1. The lowest BCUT2D eigenvalue weighted by atomic mass is 10.1. The summed E-state index contributed by atoms with van der Waals surface area (Å²) in [4.78, 5) is 11.7. The van der Waals surface area contributed by atoms with Gasteiger partial charge in [0.1, 0.15) is 0 Å². The van der Waals surface area contributed by atoms with Gasteiger partial charge in [-0.05, 0) is 29.8 Å². The maximum atomic E-state index is 11.7. The maximum Gasteiger partial charge on any atom is 0.437 e. The van der Waals surface area contributed by atoms with Crippen LogP contribution in [0.4, 0.5) is 0 Å². The molecule has 0 atom stereocenters. The third-order valence-electron chi connectivity index (χ3n) is 2.75. The highest BCUT2D eigenvalue weighted by molar-refractivity contribution is 5.42. The van der Waals surface area contributed by atoms with E-state index < -0.39 is 5.76 Å². The maximum absolute atomic E-state index is 11.7. The van der Waals surface area contributed by atoms with Crippen LogP contribution in [0.15, 0.2) is 56.3 Å². The third-order valence-corrected chi connectivity index (χ3v) is 2.75. The lowest BCUT2D eigenvalue weighted by Crippen LogP contribution is -2.16. The average molecular weight is 267 g/mol. The van der Waals surface area contributed by atoms with Gasteiger partial charge >= 0.3 is 5.76 Å². The largest absolute Gasteiger partial charge is 0.459 e. The summed E-state index contributed by atoms with van der Waals surface area (Å²) in [5, 5.41) is 12.8. The second-order valence-electron chi connectivity index (χ2n) is 4.12. The van der Waals surface area contributed by atoms with Gasteiger partial charge in [0.25, 0.3) is 5.89 Å². The van der Waals surface area contributed by atoms with Crippen molar-refractivity contribution in [1.82, 2.24) is 9.78 Å². The van der Waals surface area contributed by atoms with Gasteiger partial charge in [0, 0.05) is 0 Å². The minimum atomic E-state index is -0.555. The Bertz CT molecular complexity index is 805. The molecule has 0 saturated carbocycles. The van der Waals surface area contributed by atoms with E-state index >= 15 is 0 Å². The van der Waals surface area contributed by atoms with E-state index in [1.54, 1.807) is 36.4 Å². The molecule has 0 bridgehead atoms. The van der Waals surface area contributed by atoms with Crippen LogP contribution >= 0.6 is 0 Å². The number of nitrogens with zero attached hydrogens (tertiary/aromatic N) is 3. The molecule has 0 aliphatic rings. The van der Waals surface area contributed by atoms with E-state index in [4.69, 9.17) is 14.1 Å². The van der Waals surface area contributed by atoms with Crippen LogP contribution in [0.1, 0.15) is 11.1 Å². The fourth-order valence-corrected chi connectivity index (χ4v) is 1.76. The Morgan fingerprint density at radius 1 is 1.25 bits per heavy atom. The van der Waals surface area contributed by atoms with Crippen molar-refractivity contribution >= 4 is 0 Å². The first kappa shape index (κ1) is 12.0. The molecular formula is C14H9N3O3. The highest BCUT2D eigenvalue weighted by atomic mass is 16.4. The quantitative estimate of drug-likeness (QED) is 0.724. The Balaban J connectivity index is 1.87. The molecule has 6 nitrogen and oxygen atoms in total. The summed E-state index contributed by atoms with van der Waals surface area (Å²) in [6.07, 6.45) is 1.48. The predicted octanol–water partition coefficient (Wildman–Crippen LogP) is 2.02. The van der Waals surface area contributed by atoms with Gasteiger partial charge in [0.15, 0.2) is 5.76 Å². The van der Waals surface area contributed by atoms with E-state index in [-0.39, 0.29) is 12.4 Å². The number of furan rings is 1. The molecule has 0 amide bonds. The van der Waals surface area contributed by atoms with Gasteiger partial charge in [0.2, 0.25) is 0 Å². The molecule has 0 spiro atoms. The van der Waals surface area contributed by atoms with E-state index in [1.165, 1.54) is 10.9 Å². The molecule has 0 fully saturated rings. The molecule has 0 aliphatic carbocycles. The normalized spacial score (nSPS) is 10.3. The number of aromatic nitrogens is 2. The summed E-state index contributed by atoms with van der Waals surface area (Å²) in [6, 6.07) is 12.3. The van der Waals surface area contributed by atoms with Crippen LogP contribution in [0.2, 0.25) is 0 Å². The zero-order valence-electron chi connectivity index (χ0n) is 10.3. The summed E-state index contributed by atoms with van der Waals surface area (Å²) in [5.41, 5.74) is 1.42. The summed E-state index contributed by atoms with van der Waals surface area (Å²) in [6.45, 7) is 0.273. The van der Waals surface area contributed by atoms with Gasteiger partial charge in [-0.25, -0.2) is 4.79 Å². The van der Waals surface area contributed by atoms with Crippen LogP contribution in [-0.4, -0.2) is 9.78 Å². The van der Waals surface area contributed by atoms with Gasteiger partial charge in [-0.3, -0.25) is 0 Å². The Morgan fingerprint density at radius 3 is 2.70 bits per heavy atom. The van der Waals surface area contributed by atoms with Gasteiger partial charge < -0.3 is 8.83 Å². The van der Waals surface area contributed by atoms with E-state index in [9.17, 15) is 4.79 Å². The summed E-state index contributed by atoms with van der Waals surface area (Å²) in [7, 11) is 0. The van der Waals surface area contributed by atoms with Crippen LogP contribution in [0, 0.1) is 11.3 Å². The molecule has 3 aromatic rings. The molecule has 98 valence electrons. The van der Waals surface area contributed by atoms with Crippen molar-refractivity contribution in [2.75, 3.05) is 0 Å². The lowest BCUT2D eigenvalue weighted by molar-refractivity contribution is 0.476. The van der Waals surface area contributed by atoms with Crippen molar-refractivity contribution in [3.8, 4) is 17.7 Å². The van der Waals surface area contributed by atoms with E-state index in [0.29, 0.717) is 11.3 Å². The first-order valence-corrected chi connectivity index (χ1v) is 5.87. The van der Waals surface area contributed by atoms with E-state index in [0.717, 1.165) is 5.56 Å². The van der Waals surface area contributed by atoms with Crippen molar-refractivity contribution < 1.29 is 8.83 Å². The first-order chi connectivity index (χ1) is 9.76. The van der Waals surface area contributed by atoms with Crippen molar-refractivity contribution in [3.63, 3.8) is 0 Å². The molecular weight excluding hydrogens is 258 g/mol. The van der Waals surface area contributed by atoms with Crippen LogP contribution in [0.5, 0.6) is 0 Å². The molecule has 6 heteroatoms. The lowest BCUT2D eigenvalue weighted by Gasteiger charge is -1.99. The summed E-state index contributed by atoms with van der Waals surface area (Å²) >= 11 is 0. The number of hydrogen-bond donors (Lipinski definition) is 0. The number of hydrogen-bond acceptors (Lipinski definition) is 5. The van der Waals surface area contributed by atoms with Crippen LogP contribution in [-0.2, 0) is 6.54 Å². The first-order valence-electron chi connectivity index (χ1n) is 5.87. The fourth-order valence-electron chi connectivity index (χ4n) is 1.76. The van der Waals surface area contributed by atoms with Crippen molar-refractivity contribution in [3.05, 3.63) is 64.3 Å². The molecule has 2 heterocycles. The number of benzene rings is 1. The van der Waals surface area contributed by atoms with Crippen molar-refractivity contribution in [2.45, 2.75) is 6.54 Å². The van der Waals surface area contributed by atoms with Gasteiger partial charge in [0.05, 0.1) is 24.4 Å². The minimum absolute atomic E-state index is 0.147. The molecule has 0 saturated heterocycles. The molecule has 20 heavy (non-hydrogen) atoms. The third kappa shape index (κ3) is 2.24. The average Bonchev–Trinajstić information content (AvgIpc) is 3.10. The highest BCUT2D eigenvalue weighted by Gasteiger charge is 2.12. The number of nitriles is 1. The van der Waals surface area contributed by atoms with E-state index in [1.807, 2.05) is 6.07 Å². The number of rotatable bonds is 3. The van der Waals surface area contributed by atoms with Crippen LogP contribution in [0.25, 0.3) is 11.7 Å². The molecule has 0 N–H and O–H groups in total. The molecule has 1 aromatic carbocycles. The summed E-state index contributed by atoms with van der Waals surface area (Å²) in [5.74, 6) is -0.00455. The van der Waals surface area contributed by atoms with Gasteiger partial charge in [-0.1, -0.05) is 12.1 Å². The van der Waals surface area contributed by atoms with Crippen LogP contribution in [0.3, 0.4) is 0 Å². The second-order valence-corrected chi connectivity index (χ2v) is 4.12. The second kappa shape index (κ2) is 4.90. The summed E-state index contributed by atoms with van der Waals surface area (Å²) < 4.78 is 11.4. The Labute approximate surface area is 113 Å². The predicted molar refractivity (Wildman–Crippen MR) is 68.7 cm³/mol. The highest BCUT2D eigenvalue weighted by Crippen LogP contribution is 2.15. The van der Waals surface area contributed by atoms with Gasteiger partial charge in [-0.15, -0.1) is 5.10 Å². The zero-order chi connectivity index (χ0) is 13.9. The topological polar surface area (TPSA) is 85.0 Å². The smallest absolute Gasteiger partial charge is 0.437 e. The molecule has 0 unspecified atom stereocenters. The zero-order valence-corrected chi connectivity index (χ0v) is 10.3. The molecule has 0 radical (unpaired) electrons. The molecule has 2 aromatic heterocycles. The standard InChI is InChI=1S/C14H9N3O3/c15-8-10-3-5-11(6-4-10)9-17-14(18)20-13(16-17)12-2-1-7-19-12/h1-7H,9H2. The van der Waals surface area contributed by atoms with Crippen molar-refractivity contribution in [1.29, 1.82) is 5.26 Å². The minimum Gasteiger partial charge on any atom is -0.459 e. The molecule has 3 rings (SSSR count). The Hall–Kier alpha value is -3.07. The monoisotopic (exact) mass is 267 g/mol. The van der Waals surface area contributed by atoms with Gasteiger partial charge in [-0.2, -0.15) is 9.94 Å². The van der Waals surface area contributed by atoms with Crippen LogP contribution < -0.4 is 5.76 Å². The Morgan fingerprint density at radius 2 is 2.05 bits per heavy atom. The Kier molecular flexibility index (Phi) is 2.94. The van der Waals surface area contributed by atoms with Crippen molar-refractivity contribution in [2.24, 2.45) is 0 Å². The fraction of sp³-hybridized carbons (Fsp3) is 0.0714. The van der Waals surface area contributed by atoms with E-state index in [2.05, 4.69) is 5.10 Å². The molecule has 0 aliphatic heterocycles.